The number of carbonyl (C=O) groups is 1. The first-order chi connectivity index (χ1) is 22.1. The first-order valence-corrected chi connectivity index (χ1v) is 17.4. The summed E-state index contributed by atoms with van der Waals surface area (Å²) in [7, 11) is 2.56. The van der Waals surface area contributed by atoms with Crippen molar-refractivity contribution in [1.29, 1.82) is 0 Å². The monoisotopic (exact) mass is 742 g/mol. The zero-order valence-corrected chi connectivity index (χ0v) is 29.0. The van der Waals surface area contributed by atoms with Crippen molar-refractivity contribution in [1.82, 2.24) is 24.9 Å². The maximum Gasteiger partial charge on any atom is 0.490 e. The Morgan fingerprint density at radius 2 is 1.77 bits per heavy atom. The molecule has 0 radical (unpaired) electrons. The van der Waals surface area contributed by atoms with Crippen molar-refractivity contribution >= 4 is 74.3 Å². The van der Waals surface area contributed by atoms with Gasteiger partial charge in [-0.2, -0.15) is 23.1 Å². The highest BCUT2D eigenvalue weighted by Crippen LogP contribution is 2.41. The maximum absolute atomic E-state index is 13.3. The lowest BCUT2D eigenvalue weighted by atomic mass is 10.1. The van der Waals surface area contributed by atoms with E-state index in [1.165, 1.54) is 0 Å². The summed E-state index contributed by atoms with van der Waals surface area (Å²) in [4.78, 5) is 33.7. The molecule has 0 bridgehead atoms. The third-order valence-electron chi connectivity index (χ3n) is 6.46. The molecule has 0 saturated heterocycles. The van der Waals surface area contributed by atoms with E-state index in [0.717, 1.165) is 30.8 Å². The molecule has 0 saturated carbocycles. The number of rotatable bonds is 12. The summed E-state index contributed by atoms with van der Waals surface area (Å²) in [5, 5.41) is 14.3. The highest BCUT2D eigenvalue weighted by Gasteiger charge is 2.38. The Bertz CT molecular complexity index is 1760. The van der Waals surface area contributed by atoms with Gasteiger partial charge in [0.05, 0.1) is 28.1 Å². The van der Waals surface area contributed by atoms with Crippen LogP contribution in [0, 0.1) is 0 Å². The van der Waals surface area contributed by atoms with Crippen LogP contribution in [0.25, 0.3) is 11.0 Å². The molecule has 0 unspecified atom stereocenters. The van der Waals surface area contributed by atoms with Gasteiger partial charge in [-0.25, -0.2) is 9.78 Å². The van der Waals surface area contributed by atoms with Crippen LogP contribution in [0.5, 0.6) is 5.88 Å². The molecule has 3 N–H and O–H groups in total. The quantitative estimate of drug-likeness (QED) is 0.115. The molecule has 0 amide bonds. The van der Waals surface area contributed by atoms with Crippen LogP contribution in [0.1, 0.15) is 18.9 Å². The zero-order chi connectivity index (χ0) is 34.9. The number of alkyl halides is 3. The van der Waals surface area contributed by atoms with Crippen LogP contribution >= 0.6 is 23.1 Å². The number of carboxylic acids is 1. The Kier molecular flexibility index (Phi) is 12.8. The van der Waals surface area contributed by atoms with E-state index in [0.29, 0.717) is 56.4 Å². The number of hydrogen-bond donors (Lipinski definition) is 3. The zero-order valence-electron chi connectivity index (χ0n) is 26.5. The van der Waals surface area contributed by atoms with Crippen molar-refractivity contribution in [2.24, 2.45) is 0 Å². The van der Waals surface area contributed by atoms with Crippen LogP contribution in [0.4, 0.5) is 42.1 Å². The van der Waals surface area contributed by atoms with Gasteiger partial charge in [-0.3, -0.25) is 9.97 Å². The predicted molar refractivity (Wildman–Crippen MR) is 179 cm³/mol. The van der Waals surface area contributed by atoms with Gasteiger partial charge in [-0.15, -0.1) is 0 Å². The molecule has 3 heterocycles. The Morgan fingerprint density at radius 1 is 1.09 bits per heavy atom. The van der Waals surface area contributed by atoms with Crippen LogP contribution in [0.15, 0.2) is 41.3 Å². The Hall–Kier alpha value is -4.08. The van der Waals surface area contributed by atoms with E-state index in [4.69, 9.17) is 29.3 Å². The molecule has 13 nitrogen and oxygen atoms in total. The molecule has 0 atom stereocenters. The van der Waals surface area contributed by atoms with E-state index in [2.05, 4.69) is 53.3 Å². The van der Waals surface area contributed by atoms with Gasteiger partial charge < -0.3 is 34.7 Å². The van der Waals surface area contributed by atoms with E-state index >= 15 is 0 Å². The van der Waals surface area contributed by atoms with Gasteiger partial charge in [0.2, 0.25) is 11.8 Å². The molecule has 0 aliphatic carbocycles. The highest BCUT2D eigenvalue weighted by molar-refractivity contribution is 9.10. The summed E-state index contributed by atoms with van der Waals surface area (Å²) in [6.07, 6.45) is 1.45. The molecular formula is C29H35BrF3N8O5P. The topological polar surface area (TPSA) is 165 Å². The minimum absolute atomic E-state index is 0.340. The third kappa shape index (κ3) is 9.95. The van der Waals surface area contributed by atoms with Crippen LogP contribution < -0.4 is 25.6 Å². The highest BCUT2D eigenvalue weighted by atomic mass is 79.9. The number of aliphatic carboxylic acids is 1. The van der Waals surface area contributed by atoms with Crippen molar-refractivity contribution in [2.45, 2.75) is 25.9 Å². The molecule has 3 aromatic heterocycles. The normalized spacial score (nSPS) is 11.4. The Labute approximate surface area is 277 Å². The summed E-state index contributed by atoms with van der Waals surface area (Å²) in [5.74, 6) is -0.636. The fourth-order valence-corrected chi connectivity index (χ4v) is 6.03. The van der Waals surface area contributed by atoms with E-state index in [1.54, 1.807) is 46.1 Å². The number of methoxy groups -OCH3 is 2. The number of halogens is 4. The largest absolute Gasteiger partial charge is 0.490 e. The van der Waals surface area contributed by atoms with Gasteiger partial charge in [-0.1, -0.05) is 6.92 Å². The lowest BCUT2D eigenvalue weighted by molar-refractivity contribution is -0.192. The van der Waals surface area contributed by atoms with E-state index in [1.807, 2.05) is 25.2 Å². The van der Waals surface area contributed by atoms with E-state index in [9.17, 15) is 17.7 Å². The second-order valence-corrected chi connectivity index (χ2v) is 14.3. The molecule has 4 rings (SSSR count). The van der Waals surface area contributed by atoms with Crippen LogP contribution in [0.2, 0.25) is 0 Å². The standard InChI is InChI=1S/C27H34BrN8O3P.C2HF3O2/c1-7-17-15-21(26(39-4)35-25(17)36(2)13-8-14-38-3)33-27-31-16-18(28)24(34-27)32-20-10-9-19-22(30-12-11-29-19)23(20)40(5,6)37;3-2(4,5)1(6)7/h9-12,15-16H,7-8,13-14H2,1-6H3,(H2,31,32,33,34);(H,6,7). The molecule has 0 aliphatic rings. The maximum atomic E-state index is 13.3. The van der Waals surface area contributed by atoms with Crippen molar-refractivity contribution in [2.75, 3.05) is 63.3 Å². The number of carboxylic acid groups (broad SMARTS) is 1. The molecular weight excluding hydrogens is 708 g/mol. The van der Waals surface area contributed by atoms with E-state index in [-0.39, 0.29) is 0 Å². The number of pyridine rings is 1. The minimum Gasteiger partial charge on any atom is -0.479 e. The second-order valence-electron chi connectivity index (χ2n) is 10.3. The first-order valence-electron chi connectivity index (χ1n) is 14.0. The summed E-state index contributed by atoms with van der Waals surface area (Å²) in [5.41, 5.74) is 3.62. The minimum atomic E-state index is -5.08. The number of anilines is 5. The fourth-order valence-electron chi connectivity index (χ4n) is 4.35. The van der Waals surface area contributed by atoms with Gasteiger partial charge in [0.25, 0.3) is 0 Å². The summed E-state index contributed by atoms with van der Waals surface area (Å²) >= 11 is 3.54. The molecule has 18 heteroatoms. The summed E-state index contributed by atoms with van der Waals surface area (Å²) < 4.78 is 56.5. The van der Waals surface area contributed by atoms with Crippen molar-refractivity contribution < 1.29 is 37.1 Å². The molecule has 254 valence electrons. The number of ether oxygens (including phenoxy) is 2. The van der Waals surface area contributed by atoms with Crippen molar-refractivity contribution in [3.63, 3.8) is 0 Å². The number of fused-ring (bicyclic) bond motifs is 1. The smallest absolute Gasteiger partial charge is 0.479 e. The molecule has 0 aliphatic heterocycles. The van der Waals surface area contributed by atoms with Crippen molar-refractivity contribution in [3.8, 4) is 5.88 Å². The first kappa shape index (κ1) is 37.4. The van der Waals surface area contributed by atoms with Crippen molar-refractivity contribution in [3.05, 3.63) is 46.8 Å². The third-order valence-corrected chi connectivity index (χ3v) is 8.57. The number of aryl methyl sites for hydroxylation is 1. The summed E-state index contributed by atoms with van der Waals surface area (Å²) in [6.45, 7) is 7.00. The Balaban J connectivity index is 0.000000771. The average Bonchev–Trinajstić information content (AvgIpc) is 3.01. The summed E-state index contributed by atoms with van der Waals surface area (Å²) in [6, 6.07) is 5.70. The van der Waals surface area contributed by atoms with Gasteiger partial charge in [0.15, 0.2) is 0 Å². The number of benzene rings is 1. The molecule has 0 spiro atoms. The van der Waals surface area contributed by atoms with Gasteiger partial charge >= 0.3 is 12.1 Å². The number of nitrogens with one attached hydrogen (secondary N) is 2. The Morgan fingerprint density at radius 3 is 2.36 bits per heavy atom. The van der Waals surface area contributed by atoms with Gasteiger partial charge in [0.1, 0.15) is 30.0 Å². The van der Waals surface area contributed by atoms with Crippen LogP contribution in [-0.2, 0) is 20.5 Å². The number of hydrogen-bond acceptors (Lipinski definition) is 12. The number of nitrogens with zero attached hydrogens (tertiary/aromatic N) is 6. The van der Waals surface area contributed by atoms with Crippen LogP contribution in [-0.4, -0.2) is 89.9 Å². The molecule has 1 aromatic carbocycles. The van der Waals surface area contributed by atoms with Gasteiger partial charge in [-0.05, 0) is 65.9 Å². The predicted octanol–water partition coefficient (Wildman–Crippen LogP) is 5.99. The SMILES string of the molecule is CCc1cc(Nc2ncc(Br)c(Nc3ccc4nccnc4c3P(C)(C)=O)n2)c(OC)nc1N(C)CCCOC.O=C(O)C(F)(F)F. The molecule has 47 heavy (non-hydrogen) atoms. The van der Waals surface area contributed by atoms with E-state index < -0.39 is 19.3 Å². The lowest BCUT2D eigenvalue weighted by Gasteiger charge is -2.23. The molecule has 0 fully saturated rings. The fraction of sp³-hybridized carbons (Fsp3) is 0.379. The van der Waals surface area contributed by atoms with Crippen LogP contribution in [0.3, 0.4) is 0 Å². The average molecular weight is 744 g/mol. The lowest BCUT2D eigenvalue weighted by Crippen LogP contribution is -2.22. The van der Waals surface area contributed by atoms with Gasteiger partial charge in [0, 0.05) is 45.9 Å². The second kappa shape index (κ2) is 16.2. The molecule has 4 aromatic rings. The number of aromatic nitrogens is 5.